The third-order valence-corrected chi connectivity index (χ3v) is 5.92. The summed E-state index contributed by atoms with van der Waals surface area (Å²) in [5, 5.41) is 19.2. The molecule has 0 aliphatic carbocycles. The molecule has 0 unspecified atom stereocenters. The zero-order valence-electron chi connectivity index (χ0n) is 19.3. The molecule has 0 N–H and O–H groups in total. The van der Waals surface area contributed by atoms with Crippen LogP contribution in [0.25, 0.3) is 5.69 Å². The molecule has 3 aromatic rings. The summed E-state index contributed by atoms with van der Waals surface area (Å²) in [4.78, 5) is 27.8. The van der Waals surface area contributed by atoms with Crippen molar-refractivity contribution in [2.24, 2.45) is 0 Å². The van der Waals surface area contributed by atoms with Gasteiger partial charge < -0.3 is 14.4 Å². The van der Waals surface area contributed by atoms with Gasteiger partial charge in [0.25, 0.3) is 11.6 Å². The Morgan fingerprint density at radius 2 is 1.85 bits per heavy atom. The van der Waals surface area contributed by atoms with E-state index in [4.69, 9.17) is 9.47 Å². The normalized spacial score (nSPS) is 14.1. The van der Waals surface area contributed by atoms with Crippen LogP contribution in [0.4, 0.5) is 5.69 Å². The first-order valence-corrected chi connectivity index (χ1v) is 10.8. The highest BCUT2D eigenvalue weighted by Gasteiger charge is 2.27. The minimum atomic E-state index is -0.470. The molecule has 2 heterocycles. The minimum Gasteiger partial charge on any atom is -0.497 e. The highest BCUT2D eigenvalue weighted by Crippen LogP contribution is 2.26. The van der Waals surface area contributed by atoms with Crippen LogP contribution >= 0.6 is 0 Å². The van der Waals surface area contributed by atoms with Gasteiger partial charge in [0.15, 0.2) is 5.69 Å². The van der Waals surface area contributed by atoms with Crippen molar-refractivity contribution in [1.29, 1.82) is 0 Å². The van der Waals surface area contributed by atoms with Crippen molar-refractivity contribution in [2.75, 3.05) is 40.4 Å². The number of non-ortho nitro benzene ring substituents is 1. The Bertz CT molecular complexity index is 1200. The molecule has 11 nitrogen and oxygen atoms in total. The maximum Gasteiger partial charge on any atom is 0.276 e. The fraction of sp³-hybridized carbons (Fsp3) is 0.348. The van der Waals surface area contributed by atoms with Crippen LogP contribution < -0.4 is 9.47 Å². The van der Waals surface area contributed by atoms with Gasteiger partial charge in [0.05, 0.1) is 30.5 Å². The van der Waals surface area contributed by atoms with E-state index in [9.17, 15) is 14.9 Å². The van der Waals surface area contributed by atoms with Crippen LogP contribution in [0.5, 0.6) is 11.5 Å². The molecule has 0 atom stereocenters. The molecule has 0 spiro atoms. The van der Waals surface area contributed by atoms with Crippen molar-refractivity contribution in [1.82, 2.24) is 24.8 Å². The quantitative estimate of drug-likeness (QED) is 0.385. The van der Waals surface area contributed by atoms with E-state index < -0.39 is 4.92 Å². The number of ether oxygens (including phenoxy) is 2. The molecule has 0 saturated carbocycles. The fourth-order valence-corrected chi connectivity index (χ4v) is 4.02. The Balaban J connectivity index is 1.43. The van der Waals surface area contributed by atoms with Gasteiger partial charge in [-0.05, 0) is 31.2 Å². The molecule has 1 aliphatic rings. The molecular formula is C23H26N6O5. The van der Waals surface area contributed by atoms with E-state index in [2.05, 4.69) is 15.2 Å². The minimum absolute atomic E-state index is 0.0518. The first-order valence-electron chi connectivity index (χ1n) is 10.8. The highest BCUT2D eigenvalue weighted by atomic mass is 16.6. The van der Waals surface area contributed by atoms with Crippen LogP contribution in [0, 0.1) is 17.0 Å². The van der Waals surface area contributed by atoms with Crippen LogP contribution in [0.2, 0.25) is 0 Å². The van der Waals surface area contributed by atoms with Gasteiger partial charge in [-0.15, -0.1) is 5.10 Å². The maximum atomic E-state index is 13.1. The van der Waals surface area contributed by atoms with Crippen molar-refractivity contribution in [3.63, 3.8) is 0 Å². The number of benzene rings is 2. The van der Waals surface area contributed by atoms with E-state index in [1.807, 2.05) is 18.2 Å². The second-order valence-electron chi connectivity index (χ2n) is 7.96. The predicted octanol–water partition coefficient (Wildman–Crippen LogP) is 2.46. The summed E-state index contributed by atoms with van der Waals surface area (Å²) in [7, 11) is 3.28. The molecule has 0 bridgehead atoms. The summed E-state index contributed by atoms with van der Waals surface area (Å²) in [6, 6.07) is 11.8. The smallest absolute Gasteiger partial charge is 0.276 e. The van der Waals surface area contributed by atoms with Crippen LogP contribution in [0.15, 0.2) is 42.5 Å². The van der Waals surface area contributed by atoms with E-state index in [1.54, 1.807) is 38.2 Å². The van der Waals surface area contributed by atoms with Crippen molar-refractivity contribution < 1.29 is 19.2 Å². The lowest BCUT2D eigenvalue weighted by Gasteiger charge is -2.34. The first kappa shape index (κ1) is 23.2. The number of piperazine rings is 1. The van der Waals surface area contributed by atoms with Crippen molar-refractivity contribution in [3.8, 4) is 17.2 Å². The molecular weight excluding hydrogens is 440 g/mol. The summed E-state index contributed by atoms with van der Waals surface area (Å²) >= 11 is 0. The van der Waals surface area contributed by atoms with E-state index in [0.717, 1.165) is 17.1 Å². The van der Waals surface area contributed by atoms with Gasteiger partial charge in [-0.1, -0.05) is 11.3 Å². The lowest BCUT2D eigenvalue weighted by molar-refractivity contribution is -0.384. The Kier molecular flexibility index (Phi) is 6.73. The lowest BCUT2D eigenvalue weighted by Crippen LogP contribution is -2.48. The van der Waals surface area contributed by atoms with Crippen LogP contribution in [0.3, 0.4) is 0 Å². The Hall–Kier alpha value is -3.99. The zero-order chi connectivity index (χ0) is 24.2. The maximum absolute atomic E-state index is 13.1. The number of methoxy groups -OCH3 is 2. The number of nitro groups is 1. The first-order chi connectivity index (χ1) is 16.4. The topological polar surface area (TPSA) is 116 Å². The van der Waals surface area contributed by atoms with Crippen LogP contribution in [0.1, 0.15) is 21.7 Å². The van der Waals surface area contributed by atoms with Crippen LogP contribution in [-0.2, 0) is 6.54 Å². The van der Waals surface area contributed by atoms with Gasteiger partial charge >= 0.3 is 0 Å². The Morgan fingerprint density at radius 3 is 2.53 bits per heavy atom. The SMILES string of the molecule is COc1ccc(OC)c(CN2CCN(C(=O)c3nnn(-c4cccc([N+](=O)[O-])c4)c3C)CC2)c1. The molecule has 178 valence electrons. The number of nitro benzene ring substituents is 1. The molecule has 2 aromatic carbocycles. The summed E-state index contributed by atoms with van der Waals surface area (Å²) in [6.07, 6.45) is 0. The molecule has 1 aromatic heterocycles. The zero-order valence-corrected chi connectivity index (χ0v) is 19.3. The highest BCUT2D eigenvalue weighted by molar-refractivity contribution is 5.93. The molecule has 34 heavy (non-hydrogen) atoms. The van der Waals surface area contributed by atoms with E-state index >= 15 is 0 Å². The predicted molar refractivity (Wildman–Crippen MR) is 123 cm³/mol. The average molecular weight is 466 g/mol. The monoisotopic (exact) mass is 466 g/mol. The molecule has 1 saturated heterocycles. The summed E-state index contributed by atoms with van der Waals surface area (Å²) in [6.45, 7) is 4.92. The molecule has 4 rings (SSSR count). The Labute approximate surface area is 196 Å². The standard InChI is InChI=1S/C23H26N6O5/c1-16-22(24-25-28(16)18-5-4-6-19(14-18)29(31)32)23(30)27-11-9-26(10-12-27)15-17-13-20(33-2)7-8-21(17)34-3/h4-8,13-14H,9-12,15H2,1-3H3. The number of aromatic nitrogens is 3. The number of carbonyl (C=O) groups is 1. The lowest BCUT2D eigenvalue weighted by atomic mass is 10.1. The average Bonchev–Trinajstić information content (AvgIpc) is 3.25. The Morgan fingerprint density at radius 1 is 1.09 bits per heavy atom. The van der Waals surface area contributed by atoms with Gasteiger partial charge in [-0.25, -0.2) is 4.68 Å². The fourth-order valence-electron chi connectivity index (χ4n) is 4.02. The molecule has 1 aliphatic heterocycles. The third-order valence-electron chi connectivity index (χ3n) is 5.92. The second kappa shape index (κ2) is 9.87. The molecule has 1 fully saturated rings. The van der Waals surface area contributed by atoms with E-state index in [-0.39, 0.29) is 17.3 Å². The molecule has 1 amide bonds. The van der Waals surface area contributed by atoms with Crippen molar-refractivity contribution in [3.05, 3.63) is 69.5 Å². The number of amides is 1. The molecule has 11 heteroatoms. The number of nitrogens with zero attached hydrogens (tertiary/aromatic N) is 6. The van der Waals surface area contributed by atoms with Crippen molar-refractivity contribution in [2.45, 2.75) is 13.5 Å². The summed E-state index contributed by atoms with van der Waals surface area (Å²) in [5.41, 5.74) is 2.24. The number of rotatable bonds is 7. The van der Waals surface area contributed by atoms with Crippen molar-refractivity contribution >= 4 is 11.6 Å². The van der Waals surface area contributed by atoms with Gasteiger partial charge in [-0.3, -0.25) is 19.8 Å². The summed E-state index contributed by atoms with van der Waals surface area (Å²) < 4.78 is 12.3. The molecule has 0 radical (unpaired) electrons. The van der Waals surface area contributed by atoms with Gasteiger partial charge in [0.2, 0.25) is 0 Å². The number of carbonyl (C=O) groups excluding carboxylic acids is 1. The second-order valence-corrected chi connectivity index (χ2v) is 7.96. The van der Waals surface area contributed by atoms with Gasteiger partial charge in [0.1, 0.15) is 11.5 Å². The number of hydrogen-bond donors (Lipinski definition) is 0. The van der Waals surface area contributed by atoms with Gasteiger partial charge in [0, 0.05) is 50.4 Å². The van der Waals surface area contributed by atoms with E-state index in [0.29, 0.717) is 44.1 Å². The summed E-state index contributed by atoms with van der Waals surface area (Å²) in [5.74, 6) is 1.37. The number of hydrogen-bond acceptors (Lipinski definition) is 8. The van der Waals surface area contributed by atoms with E-state index in [1.165, 1.54) is 16.8 Å². The van der Waals surface area contributed by atoms with Crippen LogP contribution in [-0.4, -0.2) is 76.0 Å². The largest absolute Gasteiger partial charge is 0.497 e. The third kappa shape index (κ3) is 4.69. The van der Waals surface area contributed by atoms with Gasteiger partial charge in [-0.2, -0.15) is 0 Å².